The maximum absolute atomic E-state index is 4.44. The summed E-state index contributed by atoms with van der Waals surface area (Å²) in [7, 11) is 0. The van der Waals surface area contributed by atoms with Crippen LogP contribution in [0.15, 0.2) is 35.3 Å². The molecular formula is C14H21N2+. The van der Waals surface area contributed by atoms with Crippen LogP contribution in [-0.4, -0.2) is 26.0 Å². The fourth-order valence-corrected chi connectivity index (χ4v) is 2.37. The molecule has 0 saturated carbocycles. The summed E-state index contributed by atoms with van der Waals surface area (Å²) < 4.78 is 0.959. The van der Waals surface area contributed by atoms with Gasteiger partial charge in [-0.2, -0.15) is 0 Å². The van der Waals surface area contributed by atoms with Gasteiger partial charge in [0.2, 0.25) is 0 Å². The van der Waals surface area contributed by atoms with Crippen LogP contribution >= 0.6 is 0 Å². The molecule has 0 aliphatic carbocycles. The molecule has 16 heavy (non-hydrogen) atoms. The van der Waals surface area contributed by atoms with E-state index in [2.05, 4.69) is 48.6 Å². The van der Waals surface area contributed by atoms with Crippen molar-refractivity contribution in [2.24, 2.45) is 4.99 Å². The molecule has 0 N–H and O–H groups in total. The van der Waals surface area contributed by atoms with E-state index in [0.717, 1.165) is 17.6 Å². The molecule has 1 aliphatic heterocycles. The van der Waals surface area contributed by atoms with E-state index in [9.17, 15) is 0 Å². The highest BCUT2D eigenvalue weighted by atomic mass is 15.4. The number of rotatable bonds is 5. The molecule has 0 bridgehead atoms. The number of unbranched alkanes of at least 4 members (excludes halogenated alkanes) is 2. The van der Waals surface area contributed by atoms with Gasteiger partial charge in [-0.15, -0.1) is 0 Å². The summed E-state index contributed by atoms with van der Waals surface area (Å²) in [5.41, 5.74) is 1.39. The summed E-state index contributed by atoms with van der Waals surface area (Å²) >= 11 is 0. The SMILES string of the molecule is CCCCC[N+]1(c2ccccc2)C=NCC1. The van der Waals surface area contributed by atoms with Crippen molar-refractivity contribution in [2.45, 2.75) is 26.2 Å². The van der Waals surface area contributed by atoms with Gasteiger partial charge in [0, 0.05) is 0 Å². The van der Waals surface area contributed by atoms with E-state index in [1.807, 2.05) is 0 Å². The molecule has 2 rings (SSSR count). The first-order valence-electron chi connectivity index (χ1n) is 6.31. The standard InChI is InChI=1S/C14H21N2/c1-2-3-7-11-16(12-10-15-13-16)14-8-5-4-6-9-14/h4-6,8-9,13H,2-3,7,10-12H2,1H3/q+1. The zero-order valence-electron chi connectivity index (χ0n) is 10.1. The molecule has 1 aromatic rings. The average molecular weight is 217 g/mol. The van der Waals surface area contributed by atoms with E-state index in [-0.39, 0.29) is 0 Å². The average Bonchev–Trinajstić information content (AvgIpc) is 2.81. The van der Waals surface area contributed by atoms with Gasteiger partial charge >= 0.3 is 0 Å². The Morgan fingerprint density at radius 1 is 1.19 bits per heavy atom. The lowest BCUT2D eigenvalue weighted by Gasteiger charge is -2.29. The van der Waals surface area contributed by atoms with Gasteiger partial charge in [-0.1, -0.05) is 31.5 Å². The predicted molar refractivity (Wildman–Crippen MR) is 70.9 cm³/mol. The van der Waals surface area contributed by atoms with Gasteiger partial charge in [0.15, 0.2) is 6.34 Å². The number of hydrogen-bond donors (Lipinski definition) is 0. The topological polar surface area (TPSA) is 12.4 Å². The molecule has 86 valence electrons. The molecule has 0 radical (unpaired) electrons. The van der Waals surface area contributed by atoms with E-state index < -0.39 is 0 Å². The molecule has 0 spiro atoms. The maximum Gasteiger partial charge on any atom is 0.190 e. The maximum atomic E-state index is 4.44. The Kier molecular flexibility index (Phi) is 3.73. The lowest BCUT2D eigenvalue weighted by atomic mass is 10.2. The van der Waals surface area contributed by atoms with E-state index in [1.165, 1.54) is 31.5 Å². The summed E-state index contributed by atoms with van der Waals surface area (Å²) in [5.74, 6) is 0. The molecule has 0 fully saturated rings. The van der Waals surface area contributed by atoms with Crippen molar-refractivity contribution in [1.29, 1.82) is 0 Å². The number of quaternary nitrogens is 1. The van der Waals surface area contributed by atoms with Crippen LogP contribution in [0.1, 0.15) is 26.2 Å². The first kappa shape index (κ1) is 11.3. The van der Waals surface area contributed by atoms with Gasteiger partial charge in [-0.05, 0) is 25.0 Å². The Balaban J connectivity index is 2.13. The van der Waals surface area contributed by atoms with Crippen LogP contribution in [0, 0.1) is 0 Å². The van der Waals surface area contributed by atoms with Crippen molar-refractivity contribution in [1.82, 2.24) is 4.48 Å². The minimum absolute atomic E-state index is 0.959. The summed E-state index contributed by atoms with van der Waals surface area (Å²) in [6.07, 6.45) is 6.04. The van der Waals surface area contributed by atoms with Gasteiger partial charge in [0.25, 0.3) is 0 Å². The molecule has 2 nitrogen and oxygen atoms in total. The first-order chi connectivity index (χ1) is 7.87. The van der Waals surface area contributed by atoms with Crippen molar-refractivity contribution >= 4 is 12.0 Å². The molecular weight excluding hydrogens is 196 g/mol. The summed E-state index contributed by atoms with van der Waals surface area (Å²) in [6, 6.07) is 10.8. The molecule has 2 heteroatoms. The molecule has 1 heterocycles. The molecule has 1 atom stereocenters. The zero-order valence-corrected chi connectivity index (χ0v) is 10.1. The number of aliphatic imine (C=N–C) groups is 1. The Hall–Kier alpha value is -1.15. The molecule has 1 unspecified atom stereocenters. The molecule has 0 aromatic heterocycles. The largest absolute Gasteiger partial charge is 0.247 e. The minimum Gasteiger partial charge on any atom is -0.247 e. The van der Waals surface area contributed by atoms with Crippen LogP contribution in [-0.2, 0) is 0 Å². The quantitative estimate of drug-likeness (QED) is 0.530. The normalized spacial score (nSPS) is 23.8. The van der Waals surface area contributed by atoms with Crippen molar-refractivity contribution in [3.05, 3.63) is 30.3 Å². The fourth-order valence-electron chi connectivity index (χ4n) is 2.37. The van der Waals surface area contributed by atoms with Gasteiger partial charge in [-0.25, -0.2) is 9.48 Å². The van der Waals surface area contributed by atoms with Gasteiger partial charge in [0.1, 0.15) is 12.2 Å². The number of hydrogen-bond acceptors (Lipinski definition) is 1. The Labute approximate surface area is 98.2 Å². The highest BCUT2D eigenvalue weighted by Crippen LogP contribution is 2.24. The van der Waals surface area contributed by atoms with Crippen molar-refractivity contribution < 1.29 is 0 Å². The second-order valence-electron chi connectivity index (χ2n) is 4.55. The van der Waals surface area contributed by atoms with Crippen LogP contribution in [0.4, 0.5) is 5.69 Å². The third-order valence-corrected chi connectivity index (χ3v) is 3.36. The molecule has 0 saturated heterocycles. The van der Waals surface area contributed by atoms with Crippen LogP contribution < -0.4 is 4.48 Å². The Morgan fingerprint density at radius 3 is 2.62 bits per heavy atom. The van der Waals surface area contributed by atoms with Crippen molar-refractivity contribution in [3.63, 3.8) is 0 Å². The van der Waals surface area contributed by atoms with Gasteiger partial charge in [-0.3, -0.25) is 0 Å². The monoisotopic (exact) mass is 217 g/mol. The summed E-state index contributed by atoms with van der Waals surface area (Å²) in [5, 5.41) is 0. The minimum atomic E-state index is 0.959. The van der Waals surface area contributed by atoms with Crippen LogP contribution in [0.25, 0.3) is 0 Å². The lowest BCUT2D eigenvalue weighted by molar-refractivity contribution is 0.435. The highest BCUT2D eigenvalue weighted by molar-refractivity contribution is 5.75. The van der Waals surface area contributed by atoms with E-state index >= 15 is 0 Å². The Bertz CT molecular complexity index is 345. The highest BCUT2D eigenvalue weighted by Gasteiger charge is 2.31. The van der Waals surface area contributed by atoms with Crippen LogP contribution in [0.3, 0.4) is 0 Å². The van der Waals surface area contributed by atoms with Crippen molar-refractivity contribution in [2.75, 3.05) is 19.6 Å². The molecule has 0 amide bonds. The molecule has 1 aromatic carbocycles. The molecule has 1 aliphatic rings. The van der Waals surface area contributed by atoms with E-state index in [1.54, 1.807) is 0 Å². The second kappa shape index (κ2) is 5.26. The van der Waals surface area contributed by atoms with Crippen LogP contribution in [0.2, 0.25) is 0 Å². The fraction of sp³-hybridized carbons (Fsp3) is 0.500. The third-order valence-electron chi connectivity index (χ3n) is 3.36. The first-order valence-corrected chi connectivity index (χ1v) is 6.31. The smallest absolute Gasteiger partial charge is 0.190 e. The van der Waals surface area contributed by atoms with Crippen molar-refractivity contribution in [3.8, 4) is 0 Å². The lowest BCUT2D eigenvalue weighted by Crippen LogP contribution is -2.47. The Morgan fingerprint density at radius 2 is 2.00 bits per heavy atom. The van der Waals surface area contributed by atoms with E-state index in [0.29, 0.717) is 0 Å². The number of para-hydroxylation sites is 1. The number of benzene rings is 1. The van der Waals surface area contributed by atoms with Gasteiger partial charge < -0.3 is 0 Å². The third kappa shape index (κ3) is 2.33. The predicted octanol–water partition coefficient (Wildman–Crippen LogP) is 3.23. The van der Waals surface area contributed by atoms with Gasteiger partial charge in [0.05, 0.1) is 13.1 Å². The van der Waals surface area contributed by atoms with Crippen LogP contribution in [0.5, 0.6) is 0 Å². The van der Waals surface area contributed by atoms with E-state index in [4.69, 9.17) is 0 Å². The summed E-state index contributed by atoms with van der Waals surface area (Å²) in [6.45, 7) is 5.56. The zero-order chi connectivity index (χ0) is 11.3. The summed E-state index contributed by atoms with van der Waals surface area (Å²) in [4.78, 5) is 4.44. The number of nitrogens with zero attached hydrogens (tertiary/aromatic N) is 2. The second-order valence-corrected chi connectivity index (χ2v) is 4.55.